The number of carbonyl (C=O) groups is 1. The van der Waals surface area contributed by atoms with E-state index >= 15 is 0 Å². The fourth-order valence-electron chi connectivity index (χ4n) is 2.34. The summed E-state index contributed by atoms with van der Waals surface area (Å²) in [5.41, 5.74) is 2.23. The van der Waals surface area contributed by atoms with Crippen molar-refractivity contribution in [2.45, 2.75) is 19.0 Å². The third-order valence-electron chi connectivity index (χ3n) is 3.90. The maximum Gasteiger partial charge on any atom is 0.315 e. The first-order valence-corrected chi connectivity index (χ1v) is 7.75. The summed E-state index contributed by atoms with van der Waals surface area (Å²) in [4.78, 5) is 14.1. The number of benzene rings is 1. The van der Waals surface area contributed by atoms with Gasteiger partial charge in [0.05, 0.1) is 12.2 Å². The largest absolute Gasteiger partial charge is 0.337 e. The summed E-state index contributed by atoms with van der Waals surface area (Å²) in [5.74, 6) is 0. The molecular formula is C17H25N5O. The highest BCUT2D eigenvalue weighted by atomic mass is 16.2. The molecule has 1 aromatic carbocycles. The number of hydrogen-bond donors (Lipinski definition) is 2. The third-order valence-corrected chi connectivity index (χ3v) is 3.90. The van der Waals surface area contributed by atoms with Gasteiger partial charge >= 0.3 is 6.03 Å². The van der Waals surface area contributed by atoms with Crippen LogP contribution in [-0.2, 0) is 20.0 Å². The number of rotatable bonds is 7. The van der Waals surface area contributed by atoms with Crippen LogP contribution in [0.5, 0.6) is 0 Å². The highest BCUT2D eigenvalue weighted by molar-refractivity contribution is 5.73. The second-order valence-corrected chi connectivity index (χ2v) is 5.82. The lowest BCUT2D eigenvalue weighted by atomic mass is 10.1. The first-order chi connectivity index (χ1) is 11.1. The summed E-state index contributed by atoms with van der Waals surface area (Å²) < 4.78 is 1.75. The summed E-state index contributed by atoms with van der Waals surface area (Å²) >= 11 is 0. The van der Waals surface area contributed by atoms with Crippen LogP contribution >= 0.6 is 0 Å². The predicted molar refractivity (Wildman–Crippen MR) is 91.1 cm³/mol. The summed E-state index contributed by atoms with van der Waals surface area (Å²) in [5, 5.41) is 9.88. The molecule has 0 bridgehead atoms. The van der Waals surface area contributed by atoms with Gasteiger partial charge in [0, 0.05) is 25.8 Å². The molecule has 6 heteroatoms. The average molecular weight is 315 g/mol. The fraction of sp³-hybridized carbons (Fsp3) is 0.412. The molecule has 2 aromatic rings. The molecule has 2 amide bonds. The van der Waals surface area contributed by atoms with Gasteiger partial charge in [-0.25, -0.2) is 4.79 Å². The molecule has 124 valence electrons. The summed E-state index contributed by atoms with van der Waals surface area (Å²) in [6.07, 6.45) is 2.62. The van der Waals surface area contributed by atoms with E-state index in [1.807, 2.05) is 45.4 Å². The minimum Gasteiger partial charge on any atom is -0.337 e. The number of hydrogen-bond acceptors (Lipinski definition) is 3. The fourth-order valence-corrected chi connectivity index (χ4v) is 2.34. The van der Waals surface area contributed by atoms with Gasteiger partial charge in [0.15, 0.2) is 0 Å². The Labute approximate surface area is 137 Å². The number of urea groups is 1. The molecule has 6 nitrogen and oxygen atoms in total. The van der Waals surface area contributed by atoms with E-state index < -0.39 is 0 Å². The van der Waals surface area contributed by atoms with Crippen LogP contribution in [0.4, 0.5) is 4.79 Å². The normalized spacial score (nSPS) is 12.2. The van der Waals surface area contributed by atoms with Crippen molar-refractivity contribution < 1.29 is 4.79 Å². The van der Waals surface area contributed by atoms with Crippen LogP contribution < -0.4 is 10.6 Å². The van der Waals surface area contributed by atoms with Gasteiger partial charge in [-0.3, -0.25) is 4.68 Å². The third kappa shape index (κ3) is 5.41. The van der Waals surface area contributed by atoms with Crippen molar-refractivity contribution in [3.8, 4) is 0 Å². The maximum atomic E-state index is 12.0. The Morgan fingerprint density at radius 3 is 2.57 bits per heavy atom. The van der Waals surface area contributed by atoms with E-state index in [4.69, 9.17) is 0 Å². The van der Waals surface area contributed by atoms with Crippen LogP contribution in [0.1, 0.15) is 11.3 Å². The van der Waals surface area contributed by atoms with Gasteiger partial charge in [0.1, 0.15) is 0 Å². The van der Waals surface area contributed by atoms with Gasteiger partial charge in [-0.05, 0) is 32.1 Å². The molecule has 0 aliphatic heterocycles. The molecule has 0 spiro atoms. The van der Waals surface area contributed by atoms with Crippen molar-refractivity contribution in [2.24, 2.45) is 7.05 Å². The number of carbonyl (C=O) groups excluding carboxylic acids is 1. The zero-order chi connectivity index (χ0) is 16.7. The number of aryl methyl sites for hydroxylation is 1. The lowest BCUT2D eigenvalue weighted by Crippen LogP contribution is -2.45. The Morgan fingerprint density at radius 2 is 1.96 bits per heavy atom. The molecule has 0 saturated carbocycles. The Bertz CT molecular complexity index is 608. The lowest BCUT2D eigenvalue weighted by Gasteiger charge is -2.24. The van der Waals surface area contributed by atoms with Gasteiger partial charge in [0.25, 0.3) is 0 Å². The SMILES string of the molecule is CN(C)C(CNC(=O)NCc1ccnn1C)Cc1ccccc1. The number of likely N-dealkylation sites (N-methyl/N-ethyl adjacent to an activating group) is 1. The van der Waals surface area contributed by atoms with E-state index in [2.05, 4.69) is 32.8 Å². The molecule has 2 N–H and O–H groups in total. The summed E-state index contributed by atoms with van der Waals surface area (Å²) in [6, 6.07) is 12.3. The Kier molecular flexibility index (Phi) is 6.17. The molecule has 1 unspecified atom stereocenters. The molecule has 2 rings (SSSR count). The first-order valence-electron chi connectivity index (χ1n) is 7.75. The van der Waals surface area contributed by atoms with Crippen LogP contribution in [0.25, 0.3) is 0 Å². The highest BCUT2D eigenvalue weighted by Gasteiger charge is 2.13. The minimum atomic E-state index is -0.161. The Balaban J connectivity index is 1.79. The van der Waals surface area contributed by atoms with E-state index in [0.717, 1.165) is 12.1 Å². The van der Waals surface area contributed by atoms with E-state index in [0.29, 0.717) is 13.1 Å². The molecule has 1 heterocycles. The van der Waals surface area contributed by atoms with Crippen molar-refractivity contribution in [2.75, 3.05) is 20.6 Å². The van der Waals surface area contributed by atoms with Crippen molar-refractivity contribution in [1.82, 2.24) is 25.3 Å². The van der Waals surface area contributed by atoms with E-state index in [1.54, 1.807) is 10.9 Å². The molecule has 23 heavy (non-hydrogen) atoms. The maximum absolute atomic E-state index is 12.0. The molecule has 1 atom stereocenters. The van der Waals surface area contributed by atoms with Gasteiger partial charge in [-0.15, -0.1) is 0 Å². The number of nitrogens with one attached hydrogen (secondary N) is 2. The monoisotopic (exact) mass is 315 g/mol. The zero-order valence-electron chi connectivity index (χ0n) is 14.0. The topological polar surface area (TPSA) is 62.2 Å². The molecule has 0 saturated heterocycles. The second kappa shape index (κ2) is 8.33. The second-order valence-electron chi connectivity index (χ2n) is 5.82. The smallest absolute Gasteiger partial charge is 0.315 e. The number of amides is 2. The quantitative estimate of drug-likeness (QED) is 0.812. The van der Waals surface area contributed by atoms with Crippen LogP contribution in [0.15, 0.2) is 42.6 Å². The van der Waals surface area contributed by atoms with Crippen LogP contribution in [-0.4, -0.2) is 47.4 Å². The van der Waals surface area contributed by atoms with E-state index in [9.17, 15) is 4.79 Å². The minimum absolute atomic E-state index is 0.161. The Morgan fingerprint density at radius 1 is 1.22 bits per heavy atom. The van der Waals surface area contributed by atoms with Crippen molar-refractivity contribution in [3.05, 3.63) is 53.9 Å². The molecule has 0 aliphatic rings. The highest BCUT2D eigenvalue weighted by Crippen LogP contribution is 2.06. The molecule has 0 fully saturated rings. The zero-order valence-corrected chi connectivity index (χ0v) is 14.0. The van der Waals surface area contributed by atoms with Crippen molar-refractivity contribution in [1.29, 1.82) is 0 Å². The average Bonchev–Trinajstić information content (AvgIpc) is 2.95. The van der Waals surface area contributed by atoms with Crippen LogP contribution in [0, 0.1) is 0 Å². The number of nitrogens with zero attached hydrogens (tertiary/aromatic N) is 3. The summed E-state index contributed by atoms with van der Waals surface area (Å²) in [7, 11) is 5.92. The van der Waals surface area contributed by atoms with Crippen LogP contribution in [0.3, 0.4) is 0 Å². The van der Waals surface area contributed by atoms with Crippen molar-refractivity contribution in [3.63, 3.8) is 0 Å². The standard InChI is InChI=1S/C17H25N5O/c1-21(2)16(11-14-7-5-4-6-8-14)13-19-17(23)18-12-15-9-10-20-22(15)3/h4-10,16H,11-13H2,1-3H3,(H2,18,19,23). The van der Waals surface area contributed by atoms with E-state index in [1.165, 1.54) is 5.56 Å². The first kappa shape index (κ1) is 17.0. The van der Waals surface area contributed by atoms with Gasteiger partial charge in [-0.1, -0.05) is 30.3 Å². The van der Waals surface area contributed by atoms with Gasteiger partial charge in [0.2, 0.25) is 0 Å². The van der Waals surface area contributed by atoms with Gasteiger partial charge in [-0.2, -0.15) is 5.10 Å². The Hall–Kier alpha value is -2.34. The summed E-state index contributed by atoms with van der Waals surface area (Å²) in [6.45, 7) is 1.06. The molecular weight excluding hydrogens is 290 g/mol. The lowest BCUT2D eigenvalue weighted by molar-refractivity contribution is 0.231. The molecule has 0 aliphatic carbocycles. The molecule has 0 radical (unpaired) electrons. The van der Waals surface area contributed by atoms with E-state index in [-0.39, 0.29) is 12.1 Å². The van der Waals surface area contributed by atoms with Gasteiger partial charge < -0.3 is 15.5 Å². The number of aromatic nitrogens is 2. The van der Waals surface area contributed by atoms with Crippen LogP contribution in [0.2, 0.25) is 0 Å². The molecule has 1 aromatic heterocycles. The predicted octanol–water partition coefficient (Wildman–Crippen LogP) is 1.39. The van der Waals surface area contributed by atoms with Crippen molar-refractivity contribution >= 4 is 6.03 Å².